The predicted molar refractivity (Wildman–Crippen MR) is 84.2 cm³/mol. The third kappa shape index (κ3) is 2.13. The molecule has 0 unspecified atom stereocenters. The summed E-state index contributed by atoms with van der Waals surface area (Å²) in [4.78, 5) is 12.1. The lowest BCUT2D eigenvalue weighted by Gasteiger charge is -2.10. The highest BCUT2D eigenvalue weighted by Gasteiger charge is 2.14. The van der Waals surface area contributed by atoms with Gasteiger partial charge in [0.25, 0.3) is 0 Å². The zero-order valence-corrected chi connectivity index (χ0v) is 12.7. The highest BCUT2D eigenvalue weighted by molar-refractivity contribution is 5.73. The van der Waals surface area contributed by atoms with E-state index in [0.29, 0.717) is 5.52 Å². The molecule has 21 heavy (non-hydrogen) atoms. The van der Waals surface area contributed by atoms with Gasteiger partial charge in [-0.15, -0.1) is 0 Å². The van der Waals surface area contributed by atoms with Gasteiger partial charge in [0.2, 0.25) is 5.43 Å². The monoisotopic (exact) mass is 282 g/mol. The van der Waals surface area contributed by atoms with Crippen molar-refractivity contribution >= 4 is 5.52 Å². The van der Waals surface area contributed by atoms with Crippen LogP contribution in [0.4, 0.5) is 0 Å². The van der Waals surface area contributed by atoms with Crippen molar-refractivity contribution in [2.45, 2.75) is 20.8 Å². The molecule has 0 spiro atoms. The largest absolute Gasteiger partial charge is 0.497 e. The molecule has 3 rings (SSSR count). The van der Waals surface area contributed by atoms with Crippen LogP contribution in [-0.4, -0.2) is 16.7 Å². The van der Waals surface area contributed by atoms with Crippen LogP contribution in [0.2, 0.25) is 0 Å². The van der Waals surface area contributed by atoms with Crippen molar-refractivity contribution in [2.75, 3.05) is 7.11 Å². The van der Waals surface area contributed by atoms with Crippen molar-refractivity contribution in [3.8, 4) is 17.0 Å². The summed E-state index contributed by atoms with van der Waals surface area (Å²) in [5, 5.41) is 3.26. The Morgan fingerprint density at radius 2 is 1.81 bits per heavy atom. The van der Waals surface area contributed by atoms with E-state index in [-0.39, 0.29) is 5.43 Å². The third-order valence-corrected chi connectivity index (χ3v) is 3.77. The van der Waals surface area contributed by atoms with Gasteiger partial charge in [-0.2, -0.15) is 0 Å². The molecule has 0 aliphatic rings. The predicted octanol–water partition coefficient (Wildman–Crippen LogP) is 3.23. The summed E-state index contributed by atoms with van der Waals surface area (Å²) < 4.78 is 7.14. The van der Waals surface area contributed by atoms with Gasteiger partial charge < -0.3 is 4.74 Å². The van der Waals surface area contributed by atoms with Crippen molar-refractivity contribution in [3.05, 3.63) is 57.4 Å². The molecular formula is C17H18N2O2. The number of aryl methyl sites for hydroxylation is 3. The van der Waals surface area contributed by atoms with E-state index in [9.17, 15) is 4.79 Å². The maximum atomic E-state index is 12.1. The van der Waals surface area contributed by atoms with Crippen LogP contribution >= 0.6 is 0 Å². The van der Waals surface area contributed by atoms with Crippen molar-refractivity contribution in [2.24, 2.45) is 0 Å². The molecule has 4 nitrogen and oxygen atoms in total. The summed E-state index contributed by atoms with van der Waals surface area (Å²) in [7, 11) is 1.66. The average molecular weight is 282 g/mol. The van der Waals surface area contributed by atoms with Crippen molar-refractivity contribution in [1.29, 1.82) is 0 Å². The molecule has 0 atom stereocenters. The van der Waals surface area contributed by atoms with Crippen molar-refractivity contribution in [3.63, 3.8) is 0 Å². The maximum Gasteiger partial charge on any atom is 0.205 e. The van der Waals surface area contributed by atoms with E-state index in [2.05, 4.69) is 5.10 Å². The lowest BCUT2D eigenvalue weighted by atomic mass is 10.0. The van der Waals surface area contributed by atoms with Crippen LogP contribution in [0, 0.1) is 20.8 Å². The number of hydrogen-bond donors (Lipinski definition) is 1. The summed E-state index contributed by atoms with van der Waals surface area (Å²) in [6.07, 6.45) is 0. The van der Waals surface area contributed by atoms with Crippen LogP contribution in [-0.2, 0) is 0 Å². The normalized spacial score (nSPS) is 11.0. The first-order valence-corrected chi connectivity index (χ1v) is 6.88. The molecule has 0 saturated heterocycles. The molecule has 0 radical (unpaired) electrons. The summed E-state index contributed by atoms with van der Waals surface area (Å²) in [6.45, 7) is 5.96. The lowest BCUT2D eigenvalue weighted by molar-refractivity contribution is 0.414. The number of nitrogens with one attached hydrogen (secondary N) is 1. The molecular weight excluding hydrogens is 264 g/mol. The molecule has 3 aromatic rings. The Bertz CT molecular complexity index is 888. The molecule has 2 aromatic heterocycles. The number of rotatable bonds is 2. The van der Waals surface area contributed by atoms with Crippen molar-refractivity contribution in [1.82, 2.24) is 9.61 Å². The smallest absolute Gasteiger partial charge is 0.205 e. The Hall–Kier alpha value is -2.49. The van der Waals surface area contributed by atoms with E-state index in [0.717, 1.165) is 33.8 Å². The van der Waals surface area contributed by atoms with E-state index < -0.39 is 0 Å². The second-order valence-corrected chi connectivity index (χ2v) is 5.38. The van der Waals surface area contributed by atoms with Crippen LogP contribution in [0.3, 0.4) is 0 Å². The minimum atomic E-state index is 0.0340. The zero-order chi connectivity index (χ0) is 15.1. The molecule has 0 saturated carbocycles. The SMILES string of the molecule is COc1ccc(-c2c(C)cc3c(=O)cc(C)[nH]n23)c(C)c1. The van der Waals surface area contributed by atoms with Gasteiger partial charge in [-0.3, -0.25) is 14.4 Å². The summed E-state index contributed by atoms with van der Waals surface area (Å²) >= 11 is 0. The lowest BCUT2D eigenvalue weighted by Crippen LogP contribution is -2.08. The molecule has 2 heterocycles. The van der Waals surface area contributed by atoms with Gasteiger partial charge in [0, 0.05) is 17.3 Å². The van der Waals surface area contributed by atoms with Gasteiger partial charge in [0.15, 0.2) is 0 Å². The minimum absolute atomic E-state index is 0.0340. The number of aromatic nitrogens is 2. The van der Waals surface area contributed by atoms with Gasteiger partial charge in [-0.1, -0.05) is 0 Å². The van der Waals surface area contributed by atoms with Gasteiger partial charge in [0.1, 0.15) is 11.3 Å². The number of fused-ring (bicyclic) bond motifs is 1. The van der Waals surface area contributed by atoms with Crippen LogP contribution in [0.1, 0.15) is 16.8 Å². The van der Waals surface area contributed by atoms with E-state index in [1.54, 1.807) is 13.2 Å². The Kier molecular flexibility index (Phi) is 3.09. The maximum absolute atomic E-state index is 12.1. The number of hydrogen-bond acceptors (Lipinski definition) is 2. The fourth-order valence-electron chi connectivity index (χ4n) is 2.77. The van der Waals surface area contributed by atoms with Gasteiger partial charge >= 0.3 is 0 Å². The Balaban J connectivity index is 2.35. The first kappa shape index (κ1) is 13.5. The van der Waals surface area contributed by atoms with Gasteiger partial charge in [-0.05, 0) is 56.2 Å². The quantitative estimate of drug-likeness (QED) is 0.784. The number of ether oxygens (including phenoxy) is 1. The molecule has 0 fully saturated rings. The highest BCUT2D eigenvalue weighted by Crippen LogP contribution is 2.30. The minimum Gasteiger partial charge on any atom is -0.497 e. The van der Waals surface area contributed by atoms with E-state index in [1.165, 1.54) is 0 Å². The second-order valence-electron chi connectivity index (χ2n) is 5.38. The number of H-pyrrole nitrogens is 1. The number of methoxy groups -OCH3 is 1. The van der Waals surface area contributed by atoms with Gasteiger partial charge in [0.05, 0.1) is 12.8 Å². The van der Waals surface area contributed by atoms with Crippen LogP contribution in [0.15, 0.2) is 35.1 Å². The zero-order valence-electron chi connectivity index (χ0n) is 12.7. The number of nitrogens with zero attached hydrogens (tertiary/aromatic N) is 1. The Morgan fingerprint density at radius 1 is 1.05 bits per heavy atom. The summed E-state index contributed by atoms with van der Waals surface area (Å²) in [5.74, 6) is 0.833. The van der Waals surface area contributed by atoms with Gasteiger partial charge in [-0.25, -0.2) is 0 Å². The summed E-state index contributed by atoms with van der Waals surface area (Å²) in [6, 6.07) is 9.53. The molecule has 1 N–H and O–H groups in total. The first-order valence-electron chi connectivity index (χ1n) is 6.88. The fraction of sp³-hybridized carbons (Fsp3) is 0.235. The van der Waals surface area contributed by atoms with E-state index in [4.69, 9.17) is 4.74 Å². The van der Waals surface area contributed by atoms with Crippen molar-refractivity contribution < 1.29 is 4.74 Å². The Labute approximate surface area is 123 Å². The highest BCUT2D eigenvalue weighted by atomic mass is 16.5. The van der Waals surface area contributed by atoms with E-state index >= 15 is 0 Å². The Morgan fingerprint density at radius 3 is 2.48 bits per heavy atom. The topological polar surface area (TPSA) is 46.5 Å². The second kappa shape index (κ2) is 4.81. The fourth-order valence-corrected chi connectivity index (χ4v) is 2.77. The van der Waals surface area contributed by atoms with Crippen LogP contribution in [0.5, 0.6) is 5.75 Å². The molecule has 108 valence electrons. The molecule has 0 aliphatic heterocycles. The standard InChI is InChI=1S/C17H18N2O2/c1-10-7-13(21-4)5-6-14(10)17-11(2)8-15-16(20)9-12(3)18-19(15)17/h5-9,18H,1-4H3. The number of benzene rings is 1. The van der Waals surface area contributed by atoms with E-state index in [1.807, 2.05) is 49.6 Å². The molecule has 4 heteroatoms. The van der Waals surface area contributed by atoms with Crippen LogP contribution in [0.25, 0.3) is 16.8 Å². The van der Waals surface area contributed by atoms with Crippen LogP contribution < -0.4 is 10.2 Å². The summed E-state index contributed by atoms with van der Waals surface area (Å²) in [5.41, 5.74) is 5.84. The first-order chi connectivity index (χ1) is 10.0. The average Bonchev–Trinajstić information content (AvgIpc) is 2.75. The molecule has 1 aromatic carbocycles. The number of aromatic amines is 1. The molecule has 0 bridgehead atoms. The third-order valence-electron chi connectivity index (χ3n) is 3.77. The molecule has 0 aliphatic carbocycles. The molecule has 0 amide bonds.